The number of hydrogen-bond acceptors (Lipinski definition) is 0. The van der Waals surface area contributed by atoms with Crippen molar-refractivity contribution in [2.24, 2.45) is 0 Å². The molecule has 0 aliphatic carbocycles. The van der Waals surface area contributed by atoms with Crippen LogP contribution in [0.3, 0.4) is 0 Å². The average Bonchev–Trinajstić information content (AvgIpc) is 2.21. The van der Waals surface area contributed by atoms with Gasteiger partial charge in [-0.1, -0.05) is 0 Å². The van der Waals surface area contributed by atoms with Gasteiger partial charge in [0.15, 0.2) is 0 Å². The summed E-state index contributed by atoms with van der Waals surface area (Å²) in [4.78, 5) is 4.84. The zero-order chi connectivity index (χ0) is 11.0. The van der Waals surface area contributed by atoms with E-state index in [4.69, 9.17) is 0 Å². The number of nitrogens with zero attached hydrogens (tertiary/aromatic N) is 2. The molecular weight excluding hydrogens is 363 g/mol. The van der Waals surface area contributed by atoms with Gasteiger partial charge in [0, 0.05) is 0 Å². The molecule has 0 aliphatic heterocycles. The molecule has 0 saturated carbocycles. The molecule has 2 nitrogen and oxygen atoms in total. The third kappa shape index (κ3) is 4.39. The summed E-state index contributed by atoms with van der Waals surface area (Å²) in [6.45, 7) is 13.2. The fourth-order valence-corrected chi connectivity index (χ4v) is 3.21. The molecule has 0 rings (SSSR count). The zero-order valence-corrected chi connectivity index (χ0v) is 13.4. The van der Waals surface area contributed by atoms with Gasteiger partial charge in [-0.05, 0) is 0 Å². The van der Waals surface area contributed by atoms with Crippen LogP contribution in [0.1, 0.15) is 27.7 Å². The Balaban J connectivity index is 4.75. The summed E-state index contributed by atoms with van der Waals surface area (Å²) in [6.07, 6.45) is 0. The fourth-order valence-electron chi connectivity index (χ4n) is 1.40. The summed E-state index contributed by atoms with van der Waals surface area (Å²) in [5.41, 5.74) is 1.41. The van der Waals surface area contributed by atoms with Crippen LogP contribution in [-0.4, -0.2) is 41.5 Å². The first-order valence-electron chi connectivity index (χ1n) is 5.19. The topological polar surface area (TPSA) is 6.48 Å². The Morgan fingerprint density at radius 1 is 1.00 bits per heavy atom. The molecule has 0 aliphatic rings. The van der Waals surface area contributed by atoms with E-state index in [9.17, 15) is 0 Å². The van der Waals surface area contributed by atoms with Gasteiger partial charge in [0.05, 0.1) is 0 Å². The first kappa shape index (κ1) is 14.6. The normalized spacial score (nSPS) is 10.9. The summed E-state index contributed by atoms with van der Waals surface area (Å²) < 4.78 is 3.30. The molecule has 80 valence electrons. The van der Waals surface area contributed by atoms with E-state index < -0.39 is 0 Å². The second-order valence-corrected chi connectivity index (χ2v) is 5.62. The molecule has 0 heterocycles. The molecular formula is C10H20N2PW+. The van der Waals surface area contributed by atoms with Crippen LogP contribution >= 0.6 is 8.20 Å². The van der Waals surface area contributed by atoms with Crippen molar-refractivity contribution in [3.63, 3.8) is 0 Å². The van der Waals surface area contributed by atoms with E-state index in [1.807, 2.05) is 0 Å². The van der Waals surface area contributed by atoms with Crippen LogP contribution in [0.25, 0.3) is 0 Å². The van der Waals surface area contributed by atoms with Gasteiger partial charge in [-0.15, -0.1) is 0 Å². The minimum absolute atomic E-state index is 1.09. The molecule has 0 fully saturated rings. The molecule has 0 aromatic rings. The van der Waals surface area contributed by atoms with Crippen LogP contribution in [0.5, 0.6) is 0 Å². The van der Waals surface area contributed by atoms with E-state index in [2.05, 4.69) is 41.4 Å². The summed E-state index contributed by atoms with van der Waals surface area (Å²) >= 11 is 1.43. The van der Waals surface area contributed by atoms with Gasteiger partial charge in [-0.25, -0.2) is 0 Å². The Morgan fingerprint density at radius 2 is 1.36 bits per heavy atom. The zero-order valence-electron chi connectivity index (χ0n) is 9.58. The third-order valence-corrected chi connectivity index (χ3v) is 4.08. The molecule has 0 aromatic heterocycles. The molecule has 4 heteroatoms. The standard InChI is InChI=1S/C10H20N2P.W/c1-6-11(7-2)10(13-5)12(8-3)9-4;/h6-9H2,1-4H3;/q;+1. The molecule has 0 N–H and O–H groups in total. The van der Waals surface area contributed by atoms with Crippen LogP contribution in [-0.2, 0) is 19.2 Å². The van der Waals surface area contributed by atoms with E-state index in [0.29, 0.717) is 0 Å². The molecule has 0 spiro atoms. The van der Waals surface area contributed by atoms with E-state index in [1.54, 1.807) is 0 Å². The number of hydrogen-bond donors (Lipinski definition) is 0. The second-order valence-electron chi connectivity index (χ2n) is 2.85. The Hall–Kier alpha value is 0.558. The van der Waals surface area contributed by atoms with Crippen LogP contribution in [0.4, 0.5) is 0 Å². The molecule has 0 unspecified atom stereocenters. The first-order chi connectivity index (χ1) is 6.74. The first-order valence-corrected chi connectivity index (χ1v) is 7.55. The summed E-state index contributed by atoms with van der Waals surface area (Å²) in [6, 6.07) is 0. The van der Waals surface area contributed by atoms with Gasteiger partial charge in [-0.2, -0.15) is 0 Å². The number of rotatable bonds is 6. The van der Waals surface area contributed by atoms with Crippen LogP contribution in [0.2, 0.25) is 0 Å². The van der Waals surface area contributed by atoms with Crippen molar-refractivity contribution in [1.82, 2.24) is 9.80 Å². The van der Waals surface area contributed by atoms with E-state index in [1.165, 1.54) is 32.9 Å². The Kier molecular flexibility index (Phi) is 9.19. The average molecular weight is 383 g/mol. The van der Waals surface area contributed by atoms with Crippen LogP contribution < -0.4 is 0 Å². The second kappa shape index (κ2) is 8.83. The van der Waals surface area contributed by atoms with E-state index in [0.717, 1.165) is 26.2 Å². The van der Waals surface area contributed by atoms with Crippen molar-refractivity contribution in [3.8, 4) is 3.94 Å². The Morgan fingerprint density at radius 3 is 1.57 bits per heavy atom. The van der Waals surface area contributed by atoms with Gasteiger partial charge < -0.3 is 0 Å². The quantitative estimate of drug-likeness (QED) is 0.649. The predicted octanol–water partition coefficient (Wildman–Crippen LogP) is 2.17. The molecule has 0 aromatic carbocycles. The minimum atomic E-state index is 1.09. The Bertz CT molecular complexity index is 201. The van der Waals surface area contributed by atoms with Crippen molar-refractivity contribution >= 4 is 13.7 Å². The fraction of sp³-hybridized carbons (Fsp3) is 0.800. The monoisotopic (exact) mass is 383 g/mol. The molecule has 14 heavy (non-hydrogen) atoms. The predicted molar refractivity (Wildman–Crippen MR) is 61.7 cm³/mol. The van der Waals surface area contributed by atoms with Gasteiger partial charge in [0.25, 0.3) is 0 Å². The van der Waals surface area contributed by atoms with Gasteiger partial charge in [0.2, 0.25) is 0 Å². The van der Waals surface area contributed by atoms with E-state index >= 15 is 0 Å². The van der Waals surface area contributed by atoms with Crippen molar-refractivity contribution in [2.45, 2.75) is 27.7 Å². The van der Waals surface area contributed by atoms with Gasteiger partial charge in [-0.3, -0.25) is 0 Å². The van der Waals surface area contributed by atoms with Crippen molar-refractivity contribution in [2.75, 3.05) is 26.2 Å². The molecule has 0 radical (unpaired) electrons. The van der Waals surface area contributed by atoms with Crippen molar-refractivity contribution in [1.29, 1.82) is 0 Å². The van der Waals surface area contributed by atoms with E-state index in [-0.39, 0.29) is 0 Å². The molecule has 0 atom stereocenters. The van der Waals surface area contributed by atoms with Gasteiger partial charge >= 0.3 is 101 Å². The van der Waals surface area contributed by atoms with Gasteiger partial charge in [0.1, 0.15) is 0 Å². The summed E-state index contributed by atoms with van der Waals surface area (Å²) in [5, 5.41) is 0. The SMILES string of the molecule is CCN(CC)C(=P[C]#[W+])N(CC)CC. The van der Waals surface area contributed by atoms with Crippen LogP contribution in [0.15, 0.2) is 0 Å². The maximum atomic E-state index is 3.30. The summed E-state index contributed by atoms with van der Waals surface area (Å²) in [7, 11) is 1.25. The molecule has 0 bridgehead atoms. The molecule has 0 amide bonds. The maximum absolute atomic E-state index is 3.30. The van der Waals surface area contributed by atoms with Crippen molar-refractivity contribution in [3.05, 3.63) is 0 Å². The van der Waals surface area contributed by atoms with Crippen LogP contribution in [0, 0.1) is 3.94 Å². The summed E-state index contributed by atoms with van der Waals surface area (Å²) in [5.74, 6) is 0. The third-order valence-electron chi connectivity index (χ3n) is 2.24. The van der Waals surface area contributed by atoms with Crippen molar-refractivity contribution < 1.29 is 19.2 Å². The Labute approximate surface area is 100 Å². The molecule has 0 saturated heterocycles.